The fourth-order valence-electron chi connectivity index (χ4n) is 2.05. The van der Waals surface area contributed by atoms with Crippen LogP contribution in [-0.2, 0) is 9.59 Å². The Bertz CT molecular complexity index is 857. The number of benzene rings is 1. The molecular weight excluding hydrogens is 442 g/mol. The topological polar surface area (TPSA) is 123 Å². The fraction of sp³-hybridized carbons (Fsp3) is 0.333. The van der Waals surface area contributed by atoms with Crippen molar-refractivity contribution in [3.8, 4) is 11.6 Å². The molecule has 162 valence electrons. The van der Waals surface area contributed by atoms with Crippen LogP contribution >= 0.6 is 23.2 Å². The van der Waals surface area contributed by atoms with Crippen LogP contribution in [0.25, 0.3) is 0 Å². The van der Waals surface area contributed by atoms with Crippen molar-refractivity contribution < 1.29 is 28.6 Å². The summed E-state index contributed by atoms with van der Waals surface area (Å²) < 4.78 is 23.6. The van der Waals surface area contributed by atoms with Gasteiger partial charge in [-0.05, 0) is 24.6 Å². The lowest BCUT2D eigenvalue weighted by molar-refractivity contribution is -0.124. The number of nitrogens with one attached hydrogen (secondary N) is 2. The summed E-state index contributed by atoms with van der Waals surface area (Å²) in [6.45, 7) is -0.489. The van der Waals surface area contributed by atoms with Gasteiger partial charge < -0.3 is 25.2 Å². The lowest BCUT2D eigenvalue weighted by Gasteiger charge is -2.13. The van der Waals surface area contributed by atoms with Gasteiger partial charge in [-0.1, -0.05) is 23.2 Å². The molecule has 1 aromatic heterocycles. The highest BCUT2D eigenvalue weighted by Crippen LogP contribution is 2.20. The summed E-state index contributed by atoms with van der Waals surface area (Å²) in [5.41, 5.74) is 0. The quantitative estimate of drug-likeness (QED) is 0.462. The molecule has 2 rings (SSSR count). The minimum atomic E-state index is -0.879. The van der Waals surface area contributed by atoms with Crippen LogP contribution in [0, 0.1) is 5.82 Å². The molecule has 0 saturated heterocycles. The Labute approximate surface area is 181 Å². The molecule has 2 aromatic rings. The summed E-state index contributed by atoms with van der Waals surface area (Å²) in [6.07, 6.45) is -0.679. The van der Waals surface area contributed by atoms with E-state index in [1.807, 2.05) is 0 Å². The van der Waals surface area contributed by atoms with Gasteiger partial charge in [0.2, 0.25) is 5.88 Å². The molecule has 0 fully saturated rings. The minimum Gasteiger partial charge on any atom is -0.484 e. The first-order chi connectivity index (χ1) is 14.3. The third-order valence-electron chi connectivity index (χ3n) is 3.55. The molecule has 0 unspecified atom stereocenters. The summed E-state index contributed by atoms with van der Waals surface area (Å²) in [7, 11) is 0. The molecule has 0 aliphatic carbocycles. The lowest BCUT2D eigenvalue weighted by Crippen LogP contribution is -2.37. The van der Waals surface area contributed by atoms with Crippen LogP contribution in [0.4, 0.5) is 4.39 Å². The Balaban J connectivity index is 1.55. The van der Waals surface area contributed by atoms with Gasteiger partial charge in [0.05, 0.1) is 11.1 Å². The average Bonchev–Trinajstić information content (AvgIpc) is 2.72. The number of carbonyl (C=O) groups is 2. The molecule has 1 atom stereocenters. The molecule has 0 saturated carbocycles. The van der Waals surface area contributed by atoms with E-state index in [2.05, 4.69) is 20.8 Å². The Hall–Kier alpha value is -2.69. The SMILES string of the molecule is O=C(COc1ccc(Cl)c(F)c1)NCC[C@H](O)CNC(=O)COc1ccc(Cl)nn1. The van der Waals surface area contributed by atoms with E-state index in [0.717, 1.165) is 6.07 Å². The molecule has 0 radical (unpaired) electrons. The van der Waals surface area contributed by atoms with Gasteiger partial charge in [0.1, 0.15) is 11.6 Å². The van der Waals surface area contributed by atoms with Crippen molar-refractivity contribution in [2.24, 2.45) is 0 Å². The summed E-state index contributed by atoms with van der Waals surface area (Å²) in [5, 5.41) is 22.3. The van der Waals surface area contributed by atoms with Crippen molar-refractivity contribution in [1.29, 1.82) is 0 Å². The van der Waals surface area contributed by atoms with Crippen LogP contribution in [-0.4, -0.2) is 59.5 Å². The number of rotatable bonds is 11. The molecule has 0 aliphatic rings. The summed E-state index contributed by atoms with van der Waals surface area (Å²) in [4.78, 5) is 23.4. The highest BCUT2D eigenvalue weighted by molar-refractivity contribution is 6.30. The second kappa shape index (κ2) is 12.1. The van der Waals surface area contributed by atoms with E-state index in [1.54, 1.807) is 0 Å². The first-order valence-corrected chi connectivity index (χ1v) is 9.50. The number of ether oxygens (including phenoxy) is 2. The normalized spacial score (nSPS) is 11.5. The first-order valence-electron chi connectivity index (χ1n) is 8.75. The molecule has 1 heterocycles. The van der Waals surface area contributed by atoms with Crippen LogP contribution < -0.4 is 20.1 Å². The van der Waals surface area contributed by atoms with E-state index in [4.69, 9.17) is 32.7 Å². The molecule has 30 heavy (non-hydrogen) atoms. The van der Waals surface area contributed by atoms with Crippen molar-refractivity contribution in [1.82, 2.24) is 20.8 Å². The number of aromatic nitrogens is 2. The zero-order valence-corrected chi connectivity index (χ0v) is 17.1. The second-order valence-corrected chi connectivity index (χ2v) is 6.74. The number of carbonyl (C=O) groups excluding carboxylic acids is 2. The second-order valence-electron chi connectivity index (χ2n) is 5.94. The monoisotopic (exact) mass is 460 g/mol. The van der Waals surface area contributed by atoms with E-state index in [0.29, 0.717) is 0 Å². The molecule has 2 amide bonds. The lowest BCUT2D eigenvalue weighted by atomic mass is 10.2. The van der Waals surface area contributed by atoms with Crippen LogP contribution in [0.5, 0.6) is 11.6 Å². The van der Waals surface area contributed by atoms with Gasteiger partial charge in [0.25, 0.3) is 11.8 Å². The zero-order valence-electron chi connectivity index (χ0n) is 15.6. The van der Waals surface area contributed by atoms with Crippen LogP contribution in [0.2, 0.25) is 10.2 Å². The molecule has 12 heteroatoms. The number of nitrogens with zero attached hydrogens (tertiary/aromatic N) is 2. The number of hydrogen-bond acceptors (Lipinski definition) is 7. The summed E-state index contributed by atoms with van der Waals surface area (Å²) >= 11 is 11.2. The van der Waals surface area contributed by atoms with Gasteiger partial charge in [0, 0.05) is 25.2 Å². The summed E-state index contributed by atoms with van der Waals surface area (Å²) in [6, 6.07) is 6.77. The Morgan fingerprint density at radius 1 is 1.07 bits per heavy atom. The standard InChI is InChI=1S/C18H19Cl2FN4O5/c19-13-2-1-12(7-14(13)21)29-9-16(27)22-6-5-11(26)8-23-17(28)10-30-18-4-3-15(20)24-25-18/h1-4,7,11,26H,5-6,8-10H2,(H,22,27)(H,23,28)/t11-/m0/s1. The molecular formula is C18H19Cl2FN4O5. The Morgan fingerprint density at radius 3 is 2.50 bits per heavy atom. The van der Waals surface area contributed by atoms with Crippen molar-refractivity contribution >= 4 is 35.0 Å². The number of halogens is 3. The minimum absolute atomic E-state index is 0.0229. The third-order valence-corrected chi connectivity index (χ3v) is 4.06. The predicted molar refractivity (Wildman–Crippen MR) is 106 cm³/mol. The average molecular weight is 461 g/mol. The van der Waals surface area contributed by atoms with Crippen molar-refractivity contribution in [3.05, 3.63) is 46.3 Å². The van der Waals surface area contributed by atoms with Crippen LogP contribution in [0.15, 0.2) is 30.3 Å². The van der Waals surface area contributed by atoms with E-state index in [-0.39, 0.29) is 54.5 Å². The third kappa shape index (κ3) is 8.76. The van der Waals surface area contributed by atoms with Gasteiger partial charge >= 0.3 is 0 Å². The van der Waals surface area contributed by atoms with E-state index in [1.165, 1.54) is 24.3 Å². The van der Waals surface area contributed by atoms with Gasteiger partial charge in [0.15, 0.2) is 18.4 Å². The molecule has 9 nitrogen and oxygen atoms in total. The van der Waals surface area contributed by atoms with E-state index < -0.39 is 23.7 Å². The molecule has 0 bridgehead atoms. The van der Waals surface area contributed by atoms with Crippen LogP contribution in [0.1, 0.15) is 6.42 Å². The highest BCUT2D eigenvalue weighted by Gasteiger charge is 2.10. The first kappa shape index (κ1) is 23.6. The Morgan fingerprint density at radius 2 is 1.80 bits per heavy atom. The highest BCUT2D eigenvalue weighted by atomic mass is 35.5. The van der Waals surface area contributed by atoms with Gasteiger partial charge in [-0.25, -0.2) is 4.39 Å². The maximum atomic E-state index is 13.3. The summed E-state index contributed by atoms with van der Waals surface area (Å²) in [5.74, 6) is -1.24. The Kier molecular flexibility index (Phi) is 9.52. The number of hydrogen-bond donors (Lipinski definition) is 3. The van der Waals surface area contributed by atoms with Crippen molar-refractivity contribution in [2.45, 2.75) is 12.5 Å². The largest absolute Gasteiger partial charge is 0.484 e. The smallest absolute Gasteiger partial charge is 0.258 e. The van der Waals surface area contributed by atoms with Gasteiger partial charge in [-0.3, -0.25) is 9.59 Å². The van der Waals surface area contributed by atoms with Gasteiger partial charge in [-0.15, -0.1) is 10.2 Å². The van der Waals surface area contributed by atoms with Crippen molar-refractivity contribution in [2.75, 3.05) is 26.3 Å². The molecule has 0 aliphatic heterocycles. The maximum Gasteiger partial charge on any atom is 0.258 e. The number of amides is 2. The van der Waals surface area contributed by atoms with Crippen LogP contribution in [0.3, 0.4) is 0 Å². The van der Waals surface area contributed by atoms with Crippen molar-refractivity contribution in [3.63, 3.8) is 0 Å². The molecule has 3 N–H and O–H groups in total. The van der Waals surface area contributed by atoms with E-state index >= 15 is 0 Å². The maximum absolute atomic E-state index is 13.3. The number of aliphatic hydroxyl groups is 1. The zero-order chi connectivity index (χ0) is 21.9. The van der Waals surface area contributed by atoms with Gasteiger partial charge in [-0.2, -0.15) is 0 Å². The predicted octanol–water partition coefficient (Wildman–Crippen LogP) is 1.36. The number of aliphatic hydroxyl groups excluding tert-OH is 1. The van der Waals surface area contributed by atoms with E-state index in [9.17, 15) is 19.1 Å². The molecule has 1 aromatic carbocycles. The fourth-order valence-corrected chi connectivity index (χ4v) is 2.27. The molecule has 0 spiro atoms.